The summed E-state index contributed by atoms with van der Waals surface area (Å²) < 4.78 is 89.9. The fourth-order valence-corrected chi connectivity index (χ4v) is 1.54. The van der Waals surface area contributed by atoms with Crippen LogP contribution in [-0.4, -0.2) is 36.5 Å². The van der Waals surface area contributed by atoms with E-state index in [0.29, 0.717) is 15.8 Å². The summed E-state index contributed by atoms with van der Waals surface area (Å²) in [5, 5.41) is 0.448. The molecule has 1 unspecified atom stereocenters. The third kappa shape index (κ3) is 2.44. The smallest absolute Gasteiger partial charge is 0.119 e. The van der Waals surface area contributed by atoms with Crippen LogP contribution < -0.4 is 4.74 Å². The molecule has 0 aliphatic heterocycles. The van der Waals surface area contributed by atoms with Crippen LogP contribution in [0, 0.1) is 0 Å². The molecular weight excluding hydrogens is 212 g/mol. The van der Waals surface area contributed by atoms with Crippen LogP contribution in [-0.2, 0) is 6.52 Å². The van der Waals surface area contributed by atoms with Crippen LogP contribution in [0.4, 0.5) is 0 Å². The first-order valence-electron chi connectivity index (χ1n) is 10.5. The quantitative estimate of drug-likeness (QED) is 0.821. The Morgan fingerprint density at radius 2 is 2.53 bits per heavy atom. The van der Waals surface area contributed by atoms with Gasteiger partial charge in [-0.05, 0) is 45.1 Å². The van der Waals surface area contributed by atoms with Gasteiger partial charge < -0.3 is 14.2 Å². The number of hydrogen-bond donors (Lipinski definition) is 0. The summed E-state index contributed by atoms with van der Waals surface area (Å²) in [5.74, 6) is 0.0550. The Labute approximate surface area is 118 Å². The molecule has 0 bridgehead atoms. The van der Waals surface area contributed by atoms with Gasteiger partial charge in [-0.1, -0.05) is 0 Å². The second-order valence-electron chi connectivity index (χ2n) is 3.62. The number of fused-ring (bicyclic) bond motifs is 1. The Kier molecular flexibility index (Phi) is 1.22. The maximum atomic E-state index is 8.45. The van der Waals surface area contributed by atoms with Crippen molar-refractivity contribution < 1.29 is 19.8 Å². The predicted molar refractivity (Wildman–Crippen MR) is 71.6 cm³/mol. The van der Waals surface area contributed by atoms with Crippen molar-refractivity contribution in [3.8, 4) is 5.75 Å². The number of ether oxygens (including phenoxy) is 1. The lowest BCUT2D eigenvalue weighted by molar-refractivity contribution is 0.286. The highest BCUT2D eigenvalue weighted by Gasteiger charge is 2.08. The molecule has 92 valence electrons. The van der Waals surface area contributed by atoms with Crippen molar-refractivity contribution in [2.45, 2.75) is 19.4 Å². The Hall–Kier alpha value is -1.48. The van der Waals surface area contributed by atoms with Crippen LogP contribution in [0.3, 0.4) is 0 Å². The molecule has 2 aromatic rings. The van der Waals surface area contributed by atoms with Gasteiger partial charge in [-0.15, -0.1) is 0 Å². The van der Waals surface area contributed by atoms with E-state index in [-0.39, 0.29) is 5.75 Å². The molecule has 0 N–H and O–H groups in total. The number of hydrogen-bond acceptors (Lipinski definition) is 2. The van der Waals surface area contributed by atoms with E-state index in [1.807, 2.05) is 0 Å². The third-order valence-corrected chi connectivity index (χ3v) is 2.43. The summed E-state index contributed by atoms with van der Waals surface area (Å²) in [6.07, 6.45) is 1.35. The lowest BCUT2D eigenvalue weighted by Gasteiger charge is -2.20. The van der Waals surface area contributed by atoms with Crippen molar-refractivity contribution in [3.63, 3.8) is 0 Å². The lowest BCUT2D eigenvalue weighted by Crippen LogP contribution is -2.28. The minimum absolute atomic E-state index is 0.0550. The number of likely N-dealkylation sites (N-methyl/N-ethyl adjacent to an activating group) is 1. The Morgan fingerprint density at radius 1 is 1.59 bits per heavy atom. The summed E-state index contributed by atoms with van der Waals surface area (Å²) >= 11 is 0. The summed E-state index contributed by atoms with van der Waals surface area (Å²) in [6.45, 7) is -7.83. The van der Waals surface area contributed by atoms with E-state index in [1.54, 1.807) is 0 Å². The molecule has 2 atom stereocenters. The van der Waals surface area contributed by atoms with Crippen molar-refractivity contribution in [2.75, 3.05) is 21.1 Å². The van der Waals surface area contributed by atoms with Gasteiger partial charge in [-0.25, -0.2) is 0 Å². The monoisotopic (exact) mass is 243 g/mol. The molecule has 0 saturated carbocycles. The highest BCUT2D eigenvalue weighted by atomic mass is 16.5. The minimum Gasteiger partial charge on any atom is -0.497 e. The maximum absolute atomic E-state index is 8.45. The largest absolute Gasteiger partial charge is 0.497 e. The molecule has 0 saturated heterocycles. The van der Waals surface area contributed by atoms with Gasteiger partial charge >= 0.3 is 0 Å². The van der Waals surface area contributed by atoms with Crippen molar-refractivity contribution in [3.05, 3.63) is 30.5 Å². The van der Waals surface area contributed by atoms with Gasteiger partial charge in [0.15, 0.2) is 0 Å². The molecule has 1 heterocycles. The molecule has 0 radical (unpaired) electrons. The standard InChI is InChI=1S/C14H20N2O/c1-11(15(2)3)10-16-8-7-12-9-13(17-4)5-6-14(12)16/h5-9,11H,10H2,1-4H3/t11-/m1/s1/i1D3,2D3,4D3,10D,11D/t10?,11-. The third-order valence-electron chi connectivity index (χ3n) is 2.43. The normalized spacial score (nSPS) is 28.7. The molecule has 0 fully saturated rings. The number of rotatable bonds is 4. The van der Waals surface area contributed by atoms with E-state index in [0.717, 1.165) is 11.6 Å². The average molecular weight is 243 g/mol. The SMILES string of the molecule is [2H]C(n1ccc2cc(OC([2H])([2H])[2H])ccc21)[C@]([2H])(N(C)C([2H])([2H])[2H])C([2H])([2H])[2H]. The predicted octanol–water partition coefficient (Wildman–Crippen LogP) is 2.60. The highest BCUT2D eigenvalue weighted by Crippen LogP contribution is 2.22. The highest BCUT2D eigenvalue weighted by molar-refractivity contribution is 5.81. The van der Waals surface area contributed by atoms with Gasteiger partial charge in [0.2, 0.25) is 0 Å². The van der Waals surface area contributed by atoms with Gasteiger partial charge in [0.1, 0.15) is 5.75 Å². The zero-order valence-electron chi connectivity index (χ0n) is 20.3. The van der Waals surface area contributed by atoms with Crippen LogP contribution in [0.5, 0.6) is 5.75 Å². The number of nitrogens with zero attached hydrogens (tertiary/aromatic N) is 2. The van der Waals surface area contributed by atoms with Crippen LogP contribution >= 0.6 is 0 Å². The zero-order chi connectivity index (χ0) is 21.7. The summed E-state index contributed by atoms with van der Waals surface area (Å²) in [7, 11) is -1.67. The first-order valence-corrected chi connectivity index (χ1v) is 4.94. The van der Waals surface area contributed by atoms with E-state index < -0.39 is 33.4 Å². The molecule has 17 heavy (non-hydrogen) atoms. The molecular formula is C14H20N2O. The van der Waals surface area contributed by atoms with Crippen LogP contribution in [0.15, 0.2) is 30.5 Å². The van der Waals surface area contributed by atoms with E-state index in [2.05, 4.69) is 0 Å². The number of methoxy groups -OCH3 is 1. The zero-order valence-corrected chi connectivity index (χ0v) is 9.27. The fourth-order valence-electron chi connectivity index (χ4n) is 1.54. The minimum atomic E-state index is -3.11. The van der Waals surface area contributed by atoms with Crippen molar-refractivity contribution in [2.24, 2.45) is 0 Å². The molecule has 3 nitrogen and oxygen atoms in total. The number of benzene rings is 1. The van der Waals surface area contributed by atoms with Gasteiger partial charge in [-0.3, -0.25) is 0 Å². The second-order valence-corrected chi connectivity index (χ2v) is 3.62. The van der Waals surface area contributed by atoms with E-state index in [4.69, 9.17) is 19.8 Å². The number of aromatic nitrogens is 1. The molecule has 3 heteroatoms. The van der Waals surface area contributed by atoms with Gasteiger partial charge in [0.25, 0.3) is 0 Å². The van der Waals surface area contributed by atoms with E-state index in [1.165, 1.54) is 30.5 Å². The molecule has 2 rings (SSSR count). The van der Waals surface area contributed by atoms with Gasteiger partial charge in [0, 0.05) is 39.2 Å². The van der Waals surface area contributed by atoms with Gasteiger partial charge in [0.05, 0.1) is 12.5 Å². The molecule has 1 aromatic carbocycles. The molecule has 0 spiro atoms. The van der Waals surface area contributed by atoms with Crippen LogP contribution in [0.25, 0.3) is 10.9 Å². The van der Waals surface area contributed by atoms with Crippen LogP contribution in [0.2, 0.25) is 0 Å². The van der Waals surface area contributed by atoms with E-state index in [9.17, 15) is 0 Å². The molecule has 0 aliphatic carbocycles. The topological polar surface area (TPSA) is 17.4 Å². The fraction of sp³-hybridized carbons (Fsp3) is 0.429. The van der Waals surface area contributed by atoms with Gasteiger partial charge in [-0.2, -0.15) is 0 Å². The van der Waals surface area contributed by atoms with Crippen LogP contribution in [0.1, 0.15) is 21.9 Å². The Morgan fingerprint density at radius 3 is 3.29 bits per heavy atom. The Balaban J connectivity index is 2.54. The Bertz CT molecular complexity index is 838. The van der Waals surface area contributed by atoms with Crippen molar-refractivity contribution in [1.82, 2.24) is 9.47 Å². The van der Waals surface area contributed by atoms with Crippen molar-refractivity contribution >= 4 is 10.9 Å². The maximum Gasteiger partial charge on any atom is 0.119 e. The molecule has 1 aromatic heterocycles. The molecule has 0 amide bonds. The van der Waals surface area contributed by atoms with E-state index >= 15 is 0 Å². The summed E-state index contributed by atoms with van der Waals surface area (Å²) in [4.78, 5) is 0.391. The first-order chi connectivity index (χ1) is 12.5. The van der Waals surface area contributed by atoms with Crippen molar-refractivity contribution in [1.29, 1.82) is 0 Å². The summed E-state index contributed by atoms with van der Waals surface area (Å²) in [5.41, 5.74) is 0.331. The first kappa shape index (κ1) is 4.32. The average Bonchev–Trinajstić information content (AvgIpc) is 2.92. The second kappa shape index (κ2) is 4.80. The summed E-state index contributed by atoms with van der Waals surface area (Å²) in [6, 6.07) is 2.88. The molecule has 0 aliphatic rings. The lowest BCUT2D eigenvalue weighted by atomic mass is 10.2.